The predicted molar refractivity (Wildman–Crippen MR) is 198 cm³/mol. The van der Waals surface area contributed by atoms with Crippen molar-refractivity contribution >= 4 is 45.5 Å². The monoisotopic (exact) mass is 626 g/mol. The highest BCUT2D eigenvalue weighted by Gasteiger charge is 2.17. The number of benzene rings is 7. The third-order valence-corrected chi connectivity index (χ3v) is 7.82. The second-order valence-electron chi connectivity index (χ2n) is 11.2. The maximum atomic E-state index is 6.06. The van der Waals surface area contributed by atoms with Gasteiger partial charge in [-0.2, -0.15) is 0 Å². The molecule has 0 saturated carbocycles. The number of nitrogens with two attached hydrogens (primary N) is 2. The van der Waals surface area contributed by atoms with Crippen LogP contribution in [0.2, 0.25) is 0 Å². The number of hydrogen-bond donors (Lipinski definition) is 2. The molecule has 7 aromatic carbocycles. The summed E-state index contributed by atoms with van der Waals surface area (Å²) in [5.74, 6) is 3.11. The van der Waals surface area contributed by atoms with Gasteiger partial charge in [0, 0.05) is 45.5 Å². The van der Waals surface area contributed by atoms with Crippen molar-refractivity contribution in [2.75, 3.05) is 21.3 Å². The Balaban J connectivity index is 1.21. The second kappa shape index (κ2) is 13.8. The Morgan fingerprint density at radius 3 is 0.792 bits per heavy atom. The van der Waals surface area contributed by atoms with E-state index in [1.54, 1.807) is 0 Å². The van der Waals surface area contributed by atoms with Crippen LogP contribution in [0.3, 0.4) is 0 Å². The molecule has 0 aromatic heterocycles. The zero-order valence-corrected chi connectivity index (χ0v) is 26.2. The van der Waals surface area contributed by atoms with E-state index in [2.05, 4.69) is 58.3 Å². The van der Waals surface area contributed by atoms with E-state index >= 15 is 0 Å². The fraction of sp³-hybridized carbons (Fsp3) is 0. The molecule has 0 spiro atoms. The van der Waals surface area contributed by atoms with Crippen molar-refractivity contribution in [3.05, 3.63) is 182 Å². The van der Waals surface area contributed by atoms with Crippen LogP contribution in [-0.4, -0.2) is 0 Å². The van der Waals surface area contributed by atoms with Crippen LogP contribution in [-0.2, 0) is 0 Å². The van der Waals surface area contributed by atoms with Crippen LogP contribution in [0.1, 0.15) is 0 Å². The molecule has 0 bridgehead atoms. The summed E-state index contributed by atoms with van der Waals surface area (Å²) in [4.78, 5) is 4.39. The van der Waals surface area contributed by atoms with E-state index in [0.717, 1.165) is 57.1 Å². The molecule has 6 heteroatoms. The Morgan fingerprint density at radius 2 is 0.500 bits per heavy atom. The van der Waals surface area contributed by atoms with Gasteiger partial charge in [-0.1, -0.05) is 36.4 Å². The van der Waals surface area contributed by atoms with Gasteiger partial charge in [0.05, 0.1) is 0 Å². The summed E-state index contributed by atoms with van der Waals surface area (Å²) < 4.78 is 12.1. The molecule has 0 fully saturated rings. The summed E-state index contributed by atoms with van der Waals surface area (Å²) >= 11 is 0. The van der Waals surface area contributed by atoms with E-state index in [4.69, 9.17) is 20.9 Å². The largest absolute Gasteiger partial charge is 0.457 e. The van der Waals surface area contributed by atoms with Crippen LogP contribution >= 0.6 is 0 Å². The first kappa shape index (κ1) is 30.0. The molecular formula is C42H34N4O2. The Hall–Kier alpha value is -6.66. The molecule has 0 amide bonds. The van der Waals surface area contributed by atoms with Gasteiger partial charge >= 0.3 is 0 Å². The molecule has 0 heterocycles. The maximum absolute atomic E-state index is 6.06. The van der Waals surface area contributed by atoms with E-state index in [1.165, 1.54) is 0 Å². The number of para-hydroxylation sites is 2. The van der Waals surface area contributed by atoms with E-state index in [1.807, 2.05) is 133 Å². The fourth-order valence-electron chi connectivity index (χ4n) is 5.47. The van der Waals surface area contributed by atoms with Crippen molar-refractivity contribution in [2.24, 2.45) is 0 Å². The van der Waals surface area contributed by atoms with Gasteiger partial charge < -0.3 is 30.7 Å². The molecule has 0 aliphatic heterocycles. The first-order valence-corrected chi connectivity index (χ1v) is 15.7. The first-order chi connectivity index (χ1) is 23.6. The van der Waals surface area contributed by atoms with E-state index in [9.17, 15) is 0 Å². The Kier molecular flexibility index (Phi) is 8.61. The molecule has 0 unspecified atom stereocenters. The zero-order valence-electron chi connectivity index (χ0n) is 26.2. The number of ether oxygens (including phenoxy) is 2. The minimum Gasteiger partial charge on any atom is -0.457 e. The van der Waals surface area contributed by atoms with Crippen molar-refractivity contribution in [1.82, 2.24) is 0 Å². The molecule has 0 saturated heterocycles. The Labute approximate surface area is 280 Å². The summed E-state index contributed by atoms with van der Waals surface area (Å²) in [5.41, 5.74) is 19.5. The van der Waals surface area contributed by atoms with Gasteiger partial charge in [-0.05, 0) is 146 Å². The van der Waals surface area contributed by atoms with Crippen LogP contribution in [0.15, 0.2) is 182 Å². The summed E-state index contributed by atoms with van der Waals surface area (Å²) in [6.45, 7) is 0. The number of rotatable bonds is 10. The molecule has 0 atom stereocenters. The summed E-state index contributed by atoms with van der Waals surface area (Å²) in [6, 6.07) is 59.9. The average Bonchev–Trinajstić information content (AvgIpc) is 3.13. The normalized spacial score (nSPS) is 10.7. The van der Waals surface area contributed by atoms with Crippen molar-refractivity contribution in [3.8, 4) is 23.0 Å². The number of nitrogens with zero attached hydrogens (tertiary/aromatic N) is 2. The Bertz CT molecular complexity index is 1900. The number of anilines is 8. The molecule has 0 aliphatic rings. The van der Waals surface area contributed by atoms with E-state index < -0.39 is 0 Å². The van der Waals surface area contributed by atoms with Gasteiger partial charge in [0.1, 0.15) is 23.0 Å². The van der Waals surface area contributed by atoms with Gasteiger partial charge in [0.2, 0.25) is 0 Å². The summed E-state index contributed by atoms with van der Waals surface area (Å²) in [5, 5.41) is 0. The maximum Gasteiger partial charge on any atom is 0.127 e. The minimum absolute atomic E-state index is 0.708. The molecule has 48 heavy (non-hydrogen) atoms. The zero-order chi connectivity index (χ0) is 32.7. The molecule has 7 rings (SSSR count). The highest BCUT2D eigenvalue weighted by atomic mass is 16.5. The van der Waals surface area contributed by atoms with Crippen molar-refractivity contribution in [3.63, 3.8) is 0 Å². The predicted octanol–water partition coefficient (Wildman–Crippen LogP) is 11.4. The molecular weight excluding hydrogens is 592 g/mol. The third-order valence-electron chi connectivity index (χ3n) is 7.82. The van der Waals surface area contributed by atoms with Crippen molar-refractivity contribution < 1.29 is 9.47 Å². The lowest BCUT2D eigenvalue weighted by Gasteiger charge is -2.28. The molecule has 234 valence electrons. The van der Waals surface area contributed by atoms with Crippen LogP contribution in [0, 0.1) is 0 Å². The minimum atomic E-state index is 0.708. The van der Waals surface area contributed by atoms with Gasteiger partial charge in [-0.15, -0.1) is 0 Å². The standard InChI is InChI=1S/C42H34N4O2/c43-31-11-15-33(16-12-31)45(37-23-27-41(28-24-37)47-39-7-3-1-4-8-39)35-19-21-36(22-20-35)46(34-17-13-32(44)14-18-34)38-25-29-42(30-26-38)48-40-9-5-2-6-10-40/h1-30H,43-44H2. The van der Waals surface area contributed by atoms with Gasteiger partial charge in [0.25, 0.3) is 0 Å². The molecule has 0 radical (unpaired) electrons. The van der Waals surface area contributed by atoms with Gasteiger partial charge in [-0.3, -0.25) is 0 Å². The van der Waals surface area contributed by atoms with Crippen LogP contribution in [0.25, 0.3) is 0 Å². The summed E-state index contributed by atoms with van der Waals surface area (Å²) in [6.07, 6.45) is 0. The third kappa shape index (κ3) is 6.93. The van der Waals surface area contributed by atoms with E-state index in [-0.39, 0.29) is 0 Å². The van der Waals surface area contributed by atoms with Crippen LogP contribution < -0.4 is 30.7 Å². The Morgan fingerprint density at radius 1 is 0.271 bits per heavy atom. The summed E-state index contributed by atoms with van der Waals surface area (Å²) in [7, 11) is 0. The number of nitrogen functional groups attached to an aromatic ring is 2. The van der Waals surface area contributed by atoms with Crippen molar-refractivity contribution in [1.29, 1.82) is 0 Å². The van der Waals surface area contributed by atoms with Gasteiger partial charge in [0.15, 0.2) is 0 Å². The molecule has 7 aromatic rings. The first-order valence-electron chi connectivity index (χ1n) is 15.7. The second-order valence-corrected chi connectivity index (χ2v) is 11.2. The number of hydrogen-bond acceptors (Lipinski definition) is 6. The average molecular weight is 627 g/mol. The van der Waals surface area contributed by atoms with E-state index in [0.29, 0.717) is 11.4 Å². The van der Waals surface area contributed by atoms with Crippen molar-refractivity contribution in [2.45, 2.75) is 0 Å². The highest BCUT2D eigenvalue weighted by Crippen LogP contribution is 2.40. The lowest BCUT2D eigenvalue weighted by atomic mass is 10.1. The molecule has 4 N–H and O–H groups in total. The topological polar surface area (TPSA) is 77.0 Å². The highest BCUT2D eigenvalue weighted by molar-refractivity contribution is 5.82. The fourth-order valence-corrected chi connectivity index (χ4v) is 5.47. The van der Waals surface area contributed by atoms with Crippen LogP contribution in [0.4, 0.5) is 45.5 Å². The van der Waals surface area contributed by atoms with Gasteiger partial charge in [-0.25, -0.2) is 0 Å². The lowest BCUT2D eigenvalue weighted by molar-refractivity contribution is 0.482. The molecule has 0 aliphatic carbocycles. The molecule has 6 nitrogen and oxygen atoms in total. The smallest absolute Gasteiger partial charge is 0.127 e. The quantitative estimate of drug-likeness (QED) is 0.147. The lowest BCUT2D eigenvalue weighted by Crippen LogP contribution is -2.12. The SMILES string of the molecule is Nc1ccc(N(c2ccc(Oc3ccccc3)cc2)c2ccc(N(c3ccc(N)cc3)c3ccc(Oc4ccccc4)cc3)cc2)cc1. The van der Waals surface area contributed by atoms with Crippen LogP contribution in [0.5, 0.6) is 23.0 Å².